The number of aryl methyl sites for hydroxylation is 1. The Hall–Kier alpha value is -1.35. The molecule has 0 radical (unpaired) electrons. The molecular formula is C15H24N2O. The van der Waals surface area contributed by atoms with Gasteiger partial charge < -0.3 is 10.6 Å². The molecule has 18 heavy (non-hydrogen) atoms. The average molecular weight is 248 g/mol. The second-order valence-electron chi connectivity index (χ2n) is 4.99. The number of nitrogens with zero attached hydrogens (tertiary/aromatic N) is 1. The van der Waals surface area contributed by atoms with Gasteiger partial charge in [-0.25, -0.2) is 0 Å². The van der Waals surface area contributed by atoms with Crippen molar-refractivity contribution in [2.75, 3.05) is 13.1 Å². The molecule has 0 aliphatic rings. The van der Waals surface area contributed by atoms with Gasteiger partial charge >= 0.3 is 0 Å². The van der Waals surface area contributed by atoms with E-state index >= 15 is 0 Å². The summed E-state index contributed by atoms with van der Waals surface area (Å²) in [4.78, 5) is 14.1. The second kappa shape index (κ2) is 7.17. The number of hydrogen-bond donors (Lipinski definition) is 1. The highest BCUT2D eigenvalue weighted by molar-refractivity contribution is 5.79. The van der Waals surface area contributed by atoms with E-state index in [1.165, 1.54) is 5.56 Å². The largest absolute Gasteiger partial charge is 0.340 e. The van der Waals surface area contributed by atoms with Crippen LogP contribution in [0.5, 0.6) is 0 Å². The Labute approximate surface area is 110 Å². The average Bonchev–Trinajstić information content (AvgIpc) is 2.32. The van der Waals surface area contributed by atoms with Gasteiger partial charge in [-0.05, 0) is 39.3 Å². The van der Waals surface area contributed by atoms with E-state index in [-0.39, 0.29) is 11.9 Å². The molecule has 1 aromatic rings. The van der Waals surface area contributed by atoms with Crippen LogP contribution in [0.2, 0.25) is 0 Å². The summed E-state index contributed by atoms with van der Waals surface area (Å²) in [5.74, 6) is 0.183. The Morgan fingerprint density at radius 2 is 1.89 bits per heavy atom. The van der Waals surface area contributed by atoms with E-state index in [9.17, 15) is 4.79 Å². The van der Waals surface area contributed by atoms with E-state index in [2.05, 4.69) is 0 Å². The lowest BCUT2D eigenvalue weighted by Gasteiger charge is -2.26. The fraction of sp³-hybridized carbons (Fsp3) is 0.533. The molecular weight excluding hydrogens is 224 g/mol. The van der Waals surface area contributed by atoms with Crippen molar-refractivity contribution in [1.29, 1.82) is 0 Å². The summed E-state index contributed by atoms with van der Waals surface area (Å²) in [7, 11) is 0. The highest BCUT2D eigenvalue weighted by atomic mass is 16.2. The quantitative estimate of drug-likeness (QED) is 0.838. The molecule has 1 aromatic carbocycles. The van der Waals surface area contributed by atoms with Gasteiger partial charge in [0.25, 0.3) is 0 Å². The van der Waals surface area contributed by atoms with Crippen molar-refractivity contribution in [1.82, 2.24) is 4.90 Å². The van der Waals surface area contributed by atoms with E-state index in [1.807, 2.05) is 49.9 Å². The van der Waals surface area contributed by atoms with Gasteiger partial charge in [-0.3, -0.25) is 4.79 Å². The molecule has 0 aliphatic heterocycles. The van der Waals surface area contributed by atoms with Crippen LogP contribution >= 0.6 is 0 Å². The van der Waals surface area contributed by atoms with Crippen LogP contribution in [0.1, 0.15) is 31.4 Å². The lowest BCUT2D eigenvalue weighted by molar-refractivity contribution is -0.132. The van der Waals surface area contributed by atoms with Gasteiger partial charge in [-0.2, -0.15) is 0 Å². The molecule has 100 valence electrons. The van der Waals surface area contributed by atoms with Gasteiger partial charge in [-0.15, -0.1) is 0 Å². The first-order valence-corrected chi connectivity index (χ1v) is 6.59. The van der Waals surface area contributed by atoms with Crippen molar-refractivity contribution < 1.29 is 4.79 Å². The molecule has 0 unspecified atom stereocenters. The van der Waals surface area contributed by atoms with Crippen LogP contribution in [-0.4, -0.2) is 29.9 Å². The molecule has 0 bridgehead atoms. The van der Waals surface area contributed by atoms with Crippen molar-refractivity contribution in [3.8, 4) is 0 Å². The Kier molecular flexibility index (Phi) is 5.86. The summed E-state index contributed by atoms with van der Waals surface area (Å²) < 4.78 is 0. The molecule has 0 heterocycles. The molecule has 0 atom stereocenters. The maximum absolute atomic E-state index is 12.2. The van der Waals surface area contributed by atoms with E-state index in [0.717, 1.165) is 18.5 Å². The first kappa shape index (κ1) is 14.7. The monoisotopic (exact) mass is 248 g/mol. The number of carbonyl (C=O) groups excluding carboxylic acids is 1. The van der Waals surface area contributed by atoms with Crippen LogP contribution < -0.4 is 5.73 Å². The van der Waals surface area contributed by atoms with Gasteiger partial charge in [-0.1, -0.05) is 29.8 Å². The predicted octanol–water partition coefficient (Wildman–Crippen LogP) is 2.12. The first-order chi connectivity index (χ1) is 8.54. The smallest absolute Gasteiger partial charge is 0.227 e. The van der Waals surface area contributed by atoms with E-state index in [4.69, 9.17) is 5.73 Å². The Morgan fingerprint density at radius 1 is 1.28 bits per heavy atom. The third kappa shape index (κ3) is 4.49. The Morgan fingerprint density at radius 3 is 2.39 bits per heavy atom. The molecule has 0 saturated carbocycles. The lowest BCUT2D eigenvalue weighted by Crippen LogP contribution is -2.39. The topological polar surface area (TPSA) is 46.3 Å². The normalized spacial score (nSPS) is 10.7. The summed E-state index contributed by atoms with van der Waals surface area (Å²) in [5, 5.41) is 0. The van der Waals surface area contributed by atoms with Crippen molar-refractivity contribution in [2.24, 2.45) is 5.73 Å². The molecule has 3 nitrogen and oxygen atoms in total. The number of nitrogens with two attached hydrogens (primary N) is 1. The molecule has 0 aromatic heterocycles. The van der Waals surface area contributed by atoms with Crippen molar-refractivity contribution in [3.05, 3.63) is 35.4 Å². The van der Waals surface area contributed by atoms with Crippen molar-refractivity contribution in [3.63, 3.8) is 0 Å². The third-order valence-corrected chi connectivity index (χ3v) is 3.02. The van der Waals surface area contributed by atoms with Gasteiger partial charge in [0.1, 0.15) is 0 Å². The molecule has 1 rings (SSSR count). The molecule has 3 heteroatoms. The van der Waals surface area contributed by atoms with Crippen LogP contribution in [0.4, 0.5) is 0 Å². The summed E-state index contributed by atoms with van der Waals surface area (Å²) in [6.07, 6.45) is 1.33. The first-order valence-electron chi connectivity index (χ1n) is 6.59. The van der Waals surface area contributed by atoms with Crippen LogP contribution in [0, 0.1) is 6.92 Å². The van der Waals surface area contributed by atoms with Gasteiger partial charge in [0.15, 0.2) is 0 Å². The molecule has 0 spiro atoms. The zero-order chi connectivity index (χ0) is 13.5. The second-order valence-corrected chi connectivity index (χ2v) is 4.99. The maximum Gasteiger partial charge on any atom is 0.227 e. The third-order valence-electron chi connectivity index (χ3n) is 3.02. The minimum atomic E-state index is 0.183. The predicted molar refractivity (Wildman–Crippen MR) is 75.4 cm³/mol. The minimum Gasteiger partial charge on any atom is -0.340 e. The van der Waals surface area contributed by atoms with Crippen LogP contribution in [0.3, 0.4) is 0 Å². The van der Waals surface area contributed by atoms with Crippen molar-refractivity contribution >= 4 is 5.91 Å². The number of benzene rings is 1. The van der Waals surface area contributed by atoms with E-state index in [1.54, 1.807) is 0 Å². The Bertz CT molecular complexity index is 371. The summed E-state index contributed by atoms with van der Waals surface area (Å²) in [6, 6.07) is 8.36. The zero-order valence-electron chi connectivity index (χ0n) is 11.6. The maximum atomic E-state index is 12.2. The SMILES string of the molecule is Cc1ccc(CC(=O)N(CCCN)C(C)C)cc1. The summed E-state index contributed by atoms with van der Waals surface area (Å²) in [5.41, 5.74) is 7.80. The number of hydrogen-bond acceptors (Lipinski definition) is 2. The lowest BCUT2D eigenvalue weighted by atomic mass is 10.1. The van der Waals surface area contributed by atoms with Crippen LogP contribution in [0.15, 0.2) is 24.3 Å². The standard InChI is InChI=1S/C15H24N2O/c1-12(2)17(10-4-9-16)15(18)11-14-7-5-13(3)6-8-14/h5-8,12H,4,9-11,16H2,1-3H3. The number of carbonyl (C=O) groups is 1. The number of rotatable bonds is 6. The Balaban J connectivity index is 2.63. The highest BCUT2D eigenvalue weighted by Gasteiger charge is 2.16. The van der Waals surface area contributed by atoms with Crippen molar-refractivity contribution in [2.45, 2.75) is 39.7 Å². The molecule has 2 N–H and O–H groups in total. The highest BCUT2D eigenvalue weighted by Crippen LogP contribution is 2.08. The number of amides is 1. The molecule has 0 aliphatic carbocycles. The fourth-order valence-corrected chi connectivity index (χ4v) is 1.91. The van der Waals surface area contributed by atoms with Crippen LogP contribution in [-0.2, 0) is 11.2 Å². The van der Waals surface area contributed by atoms with Gasteiger partial charge in [0, 0.05) is 12.6 Å². The van der Waals surface area contributed by atoms with Gasteiger partial charge in [0.2, 0.25) is 5.91 Å². The fourth-order valence-electron chi connectivity index (χ4n) is 1.91. The summed E-state index contributed by atoms with van der Waals surface area (Å²) in [6.45, 7) is 7.51. The minimum absolute atomic E-state index is 0.183. The van der Waals surface area contributed by atoms with Gasteiger partial charge in [0.05, 0.1) is 6.42 Å². The molecule has 1 amide bonds. The van der Waals surface area contributed by atoms with Crippen LogP contribution in [0.25, 0.3) is 0 Å². The summed E-state index contributed by atoms with van der Waals surface area (Å²) >= 11 is 0. The molecule has 0 saturated heterocycles. The van der Waals surface area contributed by atoms with E-state index in [0.29, 0.717) is 13.0 Å². The zero-order valence-corrected chi connectivity index (χ0v) is 11.6. The molecule has 0 fully saturated rings. The van der Waals surface area contributed by atoms with E-state index < -0.39 is 0 Å².